The summed E-state index contributed by atoms with van der Waals surface area (Å²) in [7, 11) is 0. The lowest BCUT2D eigenvalue weighted by Crippen LogP contribution is -2.31. The molecule has 5 heteroatoms. The smallest absolute Gasteiger partial charge is 0.155 e. The SMILES string of the molecule is Oc1ccc2nc(CC3CCCNC3)nn2c1. The second-order valence-corrected chi connectivity index (χ2v) is 4.63. The highest BCUT2D eigenvalue weighted by Crippen LogP contribution is 2.16. The van der Waals surface area contributed by atoms with Crippen LogP contribution in [0.1, 0.15) is 18.7 Å². The molecule has 1 saturated heterocycles. The molecule has 1 atom stereocenters. The van der Waals surface area contributed by atoms with E-state index in [0.717, 1.165) is 31.0 Å². The van der Waals surface area contributed by atoms with Crippen LogP contribution in [0.5, 0.6) is 5.75 Å². The summed E-state index contributed by atoms with van der Waals surface area (Å²) >= 11 is 0. The first-order valence-electron chi connectivity index (χ1n) is 6.06. The Bertz CT molecular complexity index is 516. The number of pyridine rings is 1. The third-order valence-corrected chi connectivity index (χ3v) is 3.23. The summed E-state index contributed by atoms with van der Waals surface area (Å²) in [4.78, 5) is 4.46. The molecule has 0 aliphatic carbocycles. The fraction of sp³-hybridized carbons (Fsp3) is 0.500. The number of aromatic nitrogens is 3. The summed E-state index contributed by atoms with van der Waals surface area (Å²) < 4.78 is 1.64. The number of nitrogens with zero attached hydrogens (tertiary/aromatic N) is 3. The van der Waals surface area contributed by atoms with Crippen LogP contribution < -0.4 is 5.32 Å². The summed E-state index contributed by atoms with van der Waals surface area (Å²) in [6.07, 6.45) is 4.98. The van der Waals surface area contributed by atoms with E-state index in [9.17, 15) is 5.11 Å². The van der Waals surface area contributed by atoms with Crippen molar-refractivity contribution in [2.24, 2.45) is 5.92 Å². The minimum atomic E-state index is 0.216. The topological polar surface area (TPSA) is 62.5 Å². The van der Waals surface area contributed by atoms with Crippen LogP contribution in [0.3, 0.4) is 0 Å². The first kappa shape index (κ1) is 10.5. The van der Waals surface area contributed by atoms with E-state index in [0.29, 0.717) is 5.92 Å². The first-order valence-corrected chi connectivity index (χ1v) is 6.06. The zero-order valence-electron chi connectivity index (χ0n) is 9.63. The number of hydrogen-bond donors (Lipinski definition) is 2. The van der Waals surface area contributed by atoms with E-state index in [4.69, 9.17) is 0 Å². The molecule has 0 saturated carbocycles. The van der Waals surface area contributed by atoms with Crippen LogP contribution in [0.2, 0.25) is 0 Å². The van der Waals surface area contributed by atoms with Crippen molar-refractivity contribution >= 4 is 5.65 Å². The zero-order valence-corrected chi connectivity index (χ0v) is 9.63. The highest BCUT2D eigenvalue weighted by Gasteiger charge is 2.16. The van der Waals surface area contributed by atoms with Gasteiger partial charge in [-0.15, -0.1) is 0 Å². The van der Waals surface area contributed by atoms with Gasteiger partial charge in [-0.3, -0.25) is 0 Å². The average molecular weight is 232 g/mol. The average Bonchev–Trinajstić information content (AvgIpc) is 2.71. The third-order valence-electron chi connectivity index (χ3n) is 3.23. The highest BCUT2D eigenvalue weighted by molar-refractivity contribution is 5.40. The van der Waals surface area contributed by atoms with Crippen molar-refractivity contribution in [3.05, 3.63) is 24.2 Å². The van der Waals surface area contributed by atoms with E-state index in [1.54, 1.807) is 22.8 Å². The lowest BCUT2D eigenvalue weighted by atomic mass is 9.96. The predicted molar refractivity (Wildman–Crippen MR) is 63.9 cm³/mol. The maximum Gasteiger partial charge on any atom is 0.155 e. The number of nitrogens with one attached hydrogen (secondary N) is 1. The number of hydrogen-bond acceptors (Lipinski definition) is 4. The van der Waals surface area contributed by atoms with Gasteiger partial charge in [0.15, 0.2) is 11.5 Å². The minimum Gasteiger partial charge on any atom is -0.506 e. The van der Waals surface area contributed by atoms with Gasteiger partial charge in [-0.05, 0) is 44.0 Å². The molecule has 1 fully saturated rings. The lowest BCUT2D eigenvalue weighted by Gasteiger charge is -2.21. The standard InChI is InChI=1S/C12H16N4O/c17-10-3-4-12-14-11(15-16(12)8-10)6-9-2-1-5-13-7-9/h3-4,8-9,13,17H,1-2,5-7H2. The Labute approximate surface area is 99.5 Å². The number of fused-ring (bicyclic) bond motifs is 1. The summed E-state index contributed by atoms with van der Waals surface area (Å²) in [6, 6.07) is 3.42. The van der Waals surface area contributed by atoms with E-state index >= 15 is 0 Å². The molecule has 1 unspecified atom stereocenters. The largest absolute Gasteiger partial charge is 0.506 e. The lowest BCUT2D eigenvalue weighted by molar-refractivity contribution is 0.371. The molecule has 3 heterocycles. The van der Waals surface area contributed by atoms with Gasteiger partial charge in [0.25, 0.3) is 0 Å². The van der Waals surface area contributed by atoms with E-state index in [1.807, 2.05) is 0 Å². The Hall–Kier alpha value is -1.62. The molecule has 0 radical (unpaired) electrons. The Balaban J connectivity index is 1.80. The summed E-state index contributed by atoms with van der Waals surface area (Å²) in [6.45, 7) is 2.18. The first-order chi connectivity index (χ1) is 8.31. The zero-order chi connectivity index (χ0) is 11.7. The van der Waals surface area contributed by atoms with E-state index in [1.165, 1.54) is 12.8 Å². The molecule has 90 valence electrons. The molecule has 0 spiro atoms. The molecule has 2 aromatic heterocycles. The van der Waals surface area contributed by atoms with E-state index in [2.05, 4.69) is 15.4 Å². The molecule has 2 N–H and O–H groups in total. The molecule has 5 nitrogen and oxygen atoms in total. The normalized spacial score (nSPS) is 20.8. The van der Waals surface area contributed by atoms with Gasteiger partial charge in [0, 0.05) is 6.42 Å². The van der Waals surface area contributed by atoms with Crippen molar-refractivity contribution in [2.75, 3.05) is 13.1 Å². The van der Waals surface area contributed by atoms with Gasteiger partial charge in [0.05, 0.1) is 6.20 Å². The second kappa shape index (κ2) is 4.33. The van der Waals surface area contributed by atoms with Gasteiger partial charge < -0.3 is 10.4 Å². The summed E-state index contributed by atoms with van der Waals surface area (Å²) in [5, 5.41) is 17.1. The van der Waals surface area contributed by atoms with Gasteiger partial charge in [0.1, 0.15) is 5.75 Å². The molecule has 2 aromatic rings. The van der Waals surface area contributed by atoms with E-state index < -0.39 is 0 Å². The molecule has 0 bridgehead atoms. The van der Waals surface area contributed by atoms with Gasteiger partial charge in [-0.25, -0.2) is 9.50 Å². The molecule has 0 amide bonds. The predicted octanol–water partition coefficient (Wildman–Crippen LogP) is 0.977. The molecule has 1 aliphatic rings. The van der Waals surface area contributed by atoms with Crippen LogP contribution in [0.4, 0.5) is 0 Å². The number of piperidine rings is 1. The van der Waals surface area contributed by atoms with Gasteiger partial charge in [-0.2, -0.15) is 5.10 Å². The molecular weight excluding hydrogens is 216 g/mol. The van der Waals surface area contributed by atoms with Crippen molar-refractivity contribution in [1.82, 2.24) is 19.9 Å². The van der Waals surface area contributed by atoms with Crippen LogP contribution in [-0.4, -0.2) is 32.8 Å². The summed E-state index contributed by atoms with van der Waals surface area (Å²) in [5.74, 6) is 1.72. The Morgan fingerprint density at radius 1 is 1.47 bits per heavy atom. The Morgan fingerprint density at radius 2 is 2.41 bits per heavy atom. The van der Waals surface area contributed by atoms with Crippen molar-refractivity contribution in [3.63, 3.8) is 0 Å². The van der Waals surface area contributed by atoms with Gasteiger partial charge in [0.2, 0.25) is 0 Å². The van der Waals surface area contributed by atoms with Gasteiger partial charge in [-0.1, -0.05) is 0 Å². The van der Waals surface area contributed by atoms with Gasteiger partial charge >= 0.3 is 0 Å². The van der Waals surface area contributed by atoms with Crippen LogP contribution in [0.15, 0.2) is 18.3 Å². The number of rotatable bonds is 2. The van der Waals surface area contributed by atoms with Crippen molar-refractivity contribution in [1.29, 1.82) is 0 Å². The van der Waals surface area contributed by atoms with Crippen molar-refractivity contribution in [3.8, 4) is 5.75 Å². The fourth-order valence-corrected chi connectivity index (χ4v) is 2.36. The highest BCUT2D eigenvalue weighted by atomic mass is 16.3. The number of aromatic hydroxyl groups is 1. The van der Waals surface area contributed by atoms with Crippen LogP contribution in [-0.2, 0) is 6.42 Å². The summed E-state index contributed by atoms with van der Waals surface area (Å²) in [5.41, 5.74) is 0.793. The van der Waals surface area contributed by atoms with Crippen LogP contribution in [0.25, 0.3) is 5.65 Å². The molecule has 3 rings (SSSR count). The van der Waals surface area contributed by atoms with Crippen molar-refractivity contribution < 1.29 is 5.11 Å². The fourth-order valence-electron chi connectivity index (χ4n) is 2.36. The van der Waals surface area contributed by atoms with E-state index in [-0.39, 0.29) is 5.75 Å². The second-order valence-electron chi connectivity index (χ2n) is 4.63. The van der Waals surface area contributed by atoms with Crippen molar-refractivity contribution in [2.45, 2.75) is 19.3 Å². The quantitative estimate of drug-likeness (QED) is 0.810. The monoisotopic (exact) mass is 232 g/mol. The van der Waals surface area contributed by atoms with Crippen LogP contribution >= 0.6 is 0 Å². The molecule has 1 aliphatic heterocycles. The Morgan fingerprint density at radius 3 is 3.24 bits per heavy atom. The molecule has 0 aromatic carbocycles. The minimum absolute atomic E-state index is 0.216. The van der Waals surface area contributed by atoms with Crippen LogP contribution in [0, 0.1) is 5.92 Å². The molecular formula is C12H16N4O. The molecule has 17 heavy (non-hydrogen) atoms. The maximum absolute atomic E-state index is 9.36. The maximum atomic E-state index is 9.36. The third kappa shape index (κ3) is 2.24. The Kier molecular flexibility index (Phi) is 2.68.